The normalized spacial score (nSPS) is 12.2. The van der Waals surface area contributed by atoms with Crippen LogP contribution in [0.25, 0.3) is 0 Å². The number of hydrogen-bond donors (Lipinski definition) is 1. The van der Waals surface area contributed by atoms with Crippen LogP contribution in [0.5, 0.6) is 0 Å². The lowest BCUT2D eigenvalue weighted by atomic mass is 10.1. The summed E-state index contributed by atoms with van der Waals surface area (Å²) in [6.07, 6.45) is -1.21. The van der Waals surface area contributed by atoms with E-state index in [2.05, 4.69) is 20.7 Å². The molecule has 1 unspecified atom stereocenters. The fourth-order valence-electron chi connectivity index (χ4n) is 1.22. The number of halogens is 2. The number of hydrogen-bond acceptors (Lipinski definition) is 3. The quantitative estimate of drug-likeness (QED) is 0.867. The molecule has 16 heavy (non-hydrogen) atoms. The summed E-state index contributed by atoms with van der Waals surface area (Å²) in [6, 6.07) is 4.23. The van der Waals surface area contributed by atoms with Crippen LogP contribution >= 0.6 is 15.9 Å². The Hall–Kier alpha value is -0.940. The Balaban J connectivity index is 2.69. The number of carbonyl (C=O) groups excluding carboxylic acids is 1. The second-order valence-corrected chi connectivity index (χ2v) is 4.05. The lowest BCUT2D eigenvalue weighted by Gasteiger charge is -2.10. The number of carbonyl (C=O) groups is 1. The summed E-state index contributed by atoms with van der Waals surface area (Å²) >= 11 is 3.01. The molecule has 1 aromatic rings. The molecule has 0 radical (unpaired) electrons. The van der Waals surface area contributed by atoms with Crippen molar-refractivity contribution in [2.45, 2.75) is 19.4 Å². The predicted molar refractivity (Wildman–Crippen MR) is 60.3 cm³/mol. The first-order valence-corrected chi connectivity index (χ1v) is 5.62. The Kier molecular flexibility index (Phi) is 4.89. The molecule has 1 aromatic carbocycles. The Labute approximate surface area is 101 Å². The van der Waals surface area contributed by atoms with Crippen molar-refractivity contribution in [1.82, 2.24) is 0 Å². The monoisotopic (exact) mass is 290 g/mol. The largest absolute Gasteiger partial charge is 0.466 e. The van der Waals surface area contributed by atoms with Gasteiger partial charge in [-0.3, -0.25) is 4.79 Å². The van der Waals surface area contributed by atoms with Crippen molar-refractivity contribution in [3.63, 3.8) is 0 Å². The molecule has 0 fully saturated rings. The molecular weight excluding hydrogens is 279 g/mol. The summed E-state index contributed by atoms with van der Waals surface area (Å²) in [5.74, 6) is -0.973. The molecule has 0 spiro atoms. The molecule has 5 heteroatoms. The first-order valence-electron chi connectivity index (χ1n) is 4.83. The Morgan fingerprint density at radius 1 is 1.62 bits per heavy atom. The number of esters is 1. The zero-order chi connectivity index (χ0) is 12.1. The SMILES string of the molecule is CCOC(=O)CC(O)c1ccc(Br)c(F)c1. The molecule has 0 amide bonds. The van der Waals surface area contributed by atoms with Gasteiger partial charge in [-0.2, -0.15) is 0 Å². The number of rotatable bonds is 4. The van der Waals surface area contributed by atoms with Crippen LogP contribution in [-0.4, -0.2) is 17.7 Å². The maximum absolute atomic E-state index is 13.2. The molecule has 0 aliphatic carbocycles. The average Bonchev–Trinajstić information content (AvgIpc) is 2.22. The lowest BCUT2D eigenvalue weighted by molar-refractivity contribution is -0.145. The van der Waals surface area contributed by atoms with E-state index >= 15 is 0 Å². The lowest BCUT2D eigenvalue weighted by Crippen LogP contribution is -2.10. The molecule has 0 aliphatic heterocycles. The van der Waals surface area contributed by atoms with Crippen molar-refractivity contribution in [2.24, 2.45) is 0 Å². The number of benzene rings is 1. The summed E-state index contributed by atoms with van der Waals surface area (Å²) in [5.41, 5.74) is 0.355. The topological polar surface area (TPSA) is 46.5 Å². The highest BCUT2D eigenvalue weighted by molar-refractivity contribution is 9.10. The van der Waals surface area contributed by atoms with Crippen LogP contribution in [-0.2, 0) is 9.53 Å². The summed E-state index contributed by atoms with van der Waals surface area (Å²) in [5, 5.41) is 9.65. The highest BCUT2D eigenvalue weighted by atomic mass is 79.9. The van der Waals surface area contributed by atoms with E-state index < -0.39 is 17.9 Å². The Bertz CT molecular complexity index is 381. The maximum Gasteiger partial charge on any atom is 0.308 e. The van der Waals surface area contributed by atoms with Crippen LogP contribution in [0.2, 0.25) is 0 Å². The standard InChI is InChI=1S/C11H12BrFO3/c1-2-16-11(15)6-10(14)7-3-4-8(12)9(13)5-7/h3-5,10,14H,2,6H2,1H3. The maximum atomic E-state index is 13.2. The van der Waals surface area contributed by atoms with Crippen LogP contribution < -0.4 is 0 Å². The predicted octanol–water partition coefficient (Wildman–Crippen LogP) is 2.57. The number of aliphatic hydroxyl groups is 1. The van der Waals surface area contributed by atoms with Crippen LogP contribution in [0.4, 0.5) is 4.39 Å². The van der Waals surface area contributed by atoms with E-state index in [-0.39, 0.29) is 13.0 Å². The van der Waals surface area contributed by atoms with E-state index in [1.54, 1.807) is 13.0 Å². The molecule has 0 aromatic heterocycles. The molecule has 0 aliphatic rings. The van der Waals surface area contributed by atoms with Crippen LogP contribution in [0, 0.1) is 5.82 Å². The van der Waals surface area contributed by atoms with E-state index in [1.807, 2.05) is 0 Å². The van der Waals surface area contributed by atoms with E-state index in [4.69, 9.17) is 0 Å². The van der Waals surface area contributed by atoms with Gasteiger partial charge in [-0.15, -0.1) is 0 Å². The van der Waals surface area contributed by atoms with E-state index in [1.165, 1.54) is 12.1 Å². The second kappa shape index (κ2) is 5.96. The minimum Gasteiger partial charge on any atom is -0.466 e. The van der Waals surface area contributed by atoms with Gasteiger partial charge in [0.1, 0.15) is 5.82 Å². The fraction of sp³-hybridized carbons (Fsp3) is 0.364. The highest BCUT2D eigenvalue weighted by Gasteiger charge is 2.15. The zero-order valence-electron chi connectivity index (χ0n) is 8.74. The molecule has 88 valence electrons. The van der Waals surface area contributed by atoms with Gasteiger partial charge in [0.2, 0.25) is 0 Å². The van der Waals surface area contributed by atoms with Gasteiger partial charge in [-0.1, -0.05) is 6.07 Å². The average molecular weight is 291 g/mol. The van der Waals surface area contributed by atoms with Gasteiger partial charge >= 0.3 is 5.97 Å². The fourth-order valence-corrected chi connectivity index (χ4v) is 1.46. The van der Waals surface area contributed by atoms with E-state index in [9.17, 15) is 14.3 Å². The molecule has 0 heterocycles. The number of aliphatic hydroxyl groups excluding tert-OH is 1. The third-order valence-electron chi connectivity index (χ3n) is 1.99. The van der Waals surface area contributed by atoms with Crippen molar-refractivity contribution < 1.29 is 19.0 Å². The molecule has 1 N–H and O–H groups in total. The molecule has 1 atom stereocenters. The number of ether oxygens (including phenoxy) is 1. The smallest absolute Gasteiger partial charge is 0.308 e. The molecule has 0 saturated heterocycles. The van der Waals surface area contributed by atoms with Gasteiger partial charge in [0.25, 0.3) is 0 Å². The molecule has 0 bridgehead atoms. The second-order valence-electron chi connectivity index (χ2n) is 3.20. The van der Waals surface area contributed by atoms with Crippen molar-refractivity contribution in [3.8, 4) is 0 Å². The minimum absolute atomic E-state index is 0.172. The molecule has 1 rings (SSSR count). The summed E-state index contributed by atoms with van der Waals surface area (Å²) < 4.78 is 18.2. The van der Waals surface area contributed by atoms with E-state index in [0.717, 1.165) is 0 Å². The first-order chi connectivity index (χ1) is 7.54. The molecular formula is C11H12BrFO3. The van der Waals surface area contributed by atoms with Crippen LogP contribution in [0.1, 0.15) is 25.0 Å². The highest BCUT2D eigenvalue weighted by Crippen LogP contribution is 2.22. The van der Waals surface area contributed by atoms with Crippen molar-refractivity contribution in [3.05, 3.63) is 34.1 Å². The summed E-state index contributed by atoms with van der Waals surface area (Å²) in [4.78, 5) is 11.1. The minimum atomic E-state index is -1.04. The van der Waals surface area contributed by atoms with Gasteiger partial charge in [0.05, 0.1) is 23.6 Å². The van der Waals surface area contributed by atoms with E-state index in [0.29, 0.717) is 10.0 Å². The first kappa shape index (κ1) is 13.1. The van der Waals surface area contributed by atoms with Gasteiger partial charge in [-0.05, 0) is 40.5 Å². The Morgan fingerprint density at radius 3 is 2.88 bits per heavy atom. The molecule has 3 nitrogen and oxygen atoms in total. The van der Waals surface area contributed by atoms with Crippen LogP contribution in [0.3, 0.4) is 0 Å². The zero-order valence-corrected chi connectivity index (χ0v) is 10.3. The van der Waals surface area contributed by atoms with Gasteiger partial charge in [0.15, 0.2) is 0 Å². The van der Waals surface area contributed by atoms with Gasteiger partial charge < -0.3 is 9.84 Å². The Morgan fingerprint density at radius 2 is 2.31 bits per heavy atom. The third-order valence-corrected chi connectivity index (χ3v) is 2.64. The van der Waals surface area contributed by atoms with Crippen molar-refractivity contribution in [1.29, 1.82) is 0 Å². The molecule has 0 saturated carbocycles. The third kappa shape index (κ3) is 3.57. The van der Waals surface area contributed by atoms with Gasteiger partial charge in [0, 0.05) is 0 Å². The summed E-state index contributed by atoms with van der Waals surface area (Å²) in [7, 11) is 0. The van der Waals surface area contributed by atoms with Gasteiger partial charge in [-0.25, -0.2) is 4.39 Å². The summed E-state index contributed by atoms with van der Waals surface area (Å²) in [6.45, 7) is 1.95. The van der Waals surface area contributed by atoms with Crippen molar-refractivity contribution in [2.75, 3.05) is 6.61 Å². The van der Waals surface area contributed by atoms with Crippen molar-refractivity contribution >= 4 is 21.9 Å². The van der Waals surface area contributed by atoms with Crippen LogP contribution in [0.15, 0.2) is 22.7 Å².